The molecule has 4 aromatic carbocycles. The van der Waals surface area contributed by atoms with Gasteiger partial charge in [-0.05, 0) is 92.1 Å². The molecular formula is C34H37N3O4. The van der Waals surface area contributed by atoms with Crippen LogP contribution < -0.4 is 25.4 Å². The highest BCUT2D eigenvalue weighted by molar-refractivity contribution is 5.97. The van der Waals surface area contributed by atoms with E-state index in [2.05, 4.69) is 28.9 Å². The number of rotatable bonds is 12. The number of nitrogens with one attached hydrogen (secondary N) is 3. The van der Waals surface area contributed by atoms with Crippen LogP contribution in [-0.2, 0) is 11.2 Å². The SMILES string of the molecule is COc1ccc(NCCNC(=O)C(Cc2ccc(Oc3cccc(C)c3C)cc2)NC(=O)c2cccc(C)c2)cc1. The van der Waals surface area contributed by atoms with E-state index in [-0.39, 0.29) is 11.8 Å². The number of benzene rings is 4. The Morgan fingerprint density at radius 3 is 2.22 bits per heavy atom. The Labute approximate surface area is 241 Å². The van der Waals surface area contributed by atoms with Gasteiger partial charge in [-0.2, -0.15) is 0 Å². The second kappa shape index (κ2) is 14.0. The molecule has 2 amide bonds. The fourth-order valence-electron chi connectivity index (χ4n) is 4.35. The summed E-state index contributed by atoms with van der Waals surface area (Å²) in [6.45, 7) is 6.94. The van der Waals surface area contributed by atoms with Crippen molar-refractivity contribution in [3.8, 4) is 17.2 Å². The van der Waals surface area contributed by atoms with Gasteiger partial charge in [0.25, 0.3) is 5.91 Å². The van der Waals surface area contributed by atoms with Crippen molar-refractivity contribution < 1.29 is 19.1 Å². The van der Waals surface area contributed by atoms with E-state index in [0.29, 0.717) is 30.8 Å². The Hall–Kier alpha value is -4.78. The molecule has 7 nitrogen and oxygen atoms in total. The van der Waals surface area contributed by atoms with E-state index < -0.39 is 6.04 Å². The number of hydrogen-bond donors (Lipinski definition) is 3. The first-order valence-corrected chi connectivity index (χ1v) is 13.7. The fraction of sp³-hybridized carbons (Fsp3) is 0.235. The highest BCUT2D eigenvalue weighted by atomic mass is 16.5. The monoisotopic (exact) mass is 551 g/mol. The zero-order chi connectivity index (χ0) is 29.2. The smallest absolute Gasteiger partial charge is 0.251 e. The van der Waals surface area contributed by atoms with Crippen molar-refractivity contribution in [3.63, 3.8) is 0 Å². The maximum absolute atomic E-state index is 13.3. The molecule has 0 aromatic heterocycles. The average molecular weight is 552 g/mol. The molecule has 0 radical (unpaired) electrons. The van der Waals surface area contributed by atoms with Crippen molar-refractivity contribution in [1.29, 1.82) is 0 Å². The van der Waals surface area contributed by atoms with E-state index >= 15 is 0 Å². The van der Waals surface area contributed by atoms with E-state index in [1.807, 2.05) is 92.7 Å². The normalized spacial score (nSPS) is 11.3. The molecule has 0 heterocycles. The lowest BCUT2D eigenvalue weighted by molar-refractivity contribution is -0.122. The van der Waals surface area contributed by atoms with Crippen LogP contribution in [0.2, 0.25) is 0 Å². The fourth-order valence-corrected chi connectivity index (χ4v) is 4.35. The summed E-state index contributed by atoms with van der Waals surface area (Å²) in [7, 11) is 1.63. The quantitative estimate of drug-likeness (QED) is 0.189. The second-order valence-corrected chi connectivity index (χ2v) is 9.99. The number of hydrogen-bond acceptors (Lipinski definition) is 5. The van der Waals surface area contributed by atoms with Crippen molar-refractivity contribution in [2.75, 3.05) is 25.5 Å². The molecule has 0 saturated heterocycles. The Morgan fingerprint density at radius 1 is 0.805 bits per heavy atom. The first-order chi connectivity index (χ1) is 19.8. The van der Waals surface area contributed by atoms with Gasteiger partial charge < -0.3 is 25.4 Å². The number of aryl methyl sites for hydroxylation is 2. The van der Waals surface area contributed by atoms with Crippen LogP contribution in [0.25, 0.3) is 0 Å². The van der Waals surface area contributed by atoms with Crippen LogP contribution in [-0.4, -0.2) is 38.1 Å². The van der Waals surface area contributed by atoms with E-state index in [9.17, 15) is 9.59 Å². The molecule has 1 atom stereocenters. The number of carbonyl (C=O) groups is 2. The van der Waals surface area contributed by atoms with Crippen LogP contribution in [0.1, 0.15) is 32.6 Å². The second-order valence-electron chi connectivity index (χ2n) is 9.99. The number of carbonyl (C=O) groups excluding carboxylic acids is 2. The van der Waals surface area contributed by atoms with Crippen molar-refractivity contribution in [1.82, 2.24) is 10.6 Å². The van der Waals surface area contributed by atoms with E-state index in [1.165, 1.54) is 0 Å². The Bertz CT molecular complexity index is 1470. The minimum atomic E-state index is -0.755. The molecule has 41 heavy (non-hydrogen) atoms. The molecule has 4 rings (SSSR count). The van der Waals surface area contributed by atoms with Crippen molar-refractivity contribution in [2.45, 2.75) is 33.2 Å². The molecule has 0 aliphatic heterocycles. The standard InChI is InChI=1S/C34H37N3O4/c1-23-7-5-9-27(21-23)33(38)37-31(34(39)36-20-19-35-28-13-17-29(40-4)18-14-28)22-26-11-15-30(16-12-26)41-32-10-6-8-24(2)25(32)3/h5-18,21,31,35H,19-20,22H2,1-4H3,(H,36,39)(H,37,38). The van der Waals surface area contributed by atoms with Crippen LogP contribution in [0.4, 0.5) is 5.69 Å². The van der Waals surface area contributed by atoms with E-state index in [4.69, 9.17) is 9.47 Å². The van der Waals surface area contributed by atoms with Gasteiger partial charge in [-0.3, -0.25) is 9.59 Å². The lowest BCUT2D eigenvalue weighted by atomic mass is 10.0. The van der Waals surface area contributed by atoms with Crippen molar-refractivity contribution in [3.05, 3.63) is 119 Å². The van der Waals surface area contributed by atoms with Gasteiger partial charge in [0, 0.05) is 30.8 Å². The topological polar surface area (TPSA) is 88.7 Å². The first-order valence-electron chi connectivity index (χ1n) is 13.7. The number of methoxy groups -OCH3 is 1. The van der Waals surface area contributed by atoms with Gasteiger partial charge in [-0.25, -0.2) is 0 Å². The minimum absolute atomic E-state index is 0.252. The van der Waals surface area contributed by atoms with Gasteiger partial charge in [-0.1, -0.05) is 42.0 Å². The summed E-state index contributed by atoms with van der Waals surface area (Å²) in [6.07, 6.45) is 0.332. The van der Waals surface area contributed by atoms with Gasteiger partial charge in [0.2, 0.25) is 5.91 Å². The van der Waals surface area contributed by atoms with Crippen LogP contribution >= 0.6 is 0 Å². The molecule has 0 aliphatic carbocycles. The summed E-state index contributed by atoms with van der Waals surface area (Å²) >= 11 is 0. The molecule has 0 saturated carbocycles. The van der Waals surface area contributed by atoms with Gasteiger partial charge in [0.1, 0.15) is 23.3 Å². The third-order valence-electron chi connectivity index (χ3n) is 6.89. The first kappa shape index (κ1) is 29.2. The molecule has 0 bridgehead atoms. The summed E-state index contributed by atoms with van der Waals surface area (Å²) in [5.41, 5.74) is 5.57. The maximum Gasteiger partial charge on any atom is 0.251 e. The number of anilines is 1. The highest BCUT2D eigenvalue weighted by Gasteiger charge is 2.22. The molecule has 1 unspecified atom stereocenters. The van der Waals surface area contributed by atoms with Gasteiger partial charge in [0.05, 0.1) is 7.11 Å². The summed E-state index contributed by atoms with van der Waals surface area (Å²) < 4.78 is 11.3. The molecule has 212 valence electrons. The summed E-state index contributed by atoms with van der Waals surface area (Å²) in [6, 6.07) is 27.7. The van der Waals surface area contributed by atoms with E-state index in [1.54, 1.807) is 13.2 Å². The van der Waals surface area contributed by atoms with Crippen molar-refractivity contribution >= 4 is 17.5 Å². The van der Waals surface area contributed by atoms with Crippen LogP contribution in [0.5, 0.6) is 17.2 Å². The number of amides is 2. The van der Waals surface area contributed by atoms with Crippen LogP contribution in [0.15, 0.2) is 91.0 Å². The Morgan fingerprint density at radius 2 is 1.51 bits per heavy atom. The Balaban J connectivity index is 1.40. The van der Waals surface area contributed by atoms with Gasteiger partial charge in [-0.15, -0.1) is 0 Å². The predicted octanol–water partition coefficient (Wildman–Crippen LogP) is 5.98. The Kier molecular flexibility index (Phi) is 9.99. The predicted molar refractivity (Wildman–Crippen MR) is 163 cm³/mol. The van der Waals surface area contributed by atoms with E-state index in [0.717, 1.165) is 39.4 Å². The third kappa shape index (κ3) is 8.35. The summed E-state index contributed by atoms with van der Waals surface area (Å²) in [5.74, 6) is 1.75. The number of ether oxygens (including phenoxy) is 2. The van der Waals surface area contributed by atoms with Crippen LogP contribution in [0, 0.1) is 20.8 Å². The summed E-state index contributed by atoms with van der Waals surface area (Å²) in [4.78, 5) is 26.3. The zero-order valence-electron chi connectivity index (χ0n) is 24.0. The molecule has 4 aromatic rings. The molecule has 0 fully saturated rings. The third-order valence-corrected chi connectivity index (χ3v) is 6.89. The molecule has 7 heteroatoms. The van der Waals surface area contributed by atoms with Crippen molar-refractivity contribution in [2.24, 2.45) is 0 Å². The average Bonchev–Trinajstić information content (AvgIpc) is 2.98. The van der Waals surface area contributed by atoms with Gasteiger partial charge in [0.15, 0.2) is 0 Å². The molecular weight excluding hydrogens is 514 g/mol. The minimum Gasteiger partial charge on any atom is -0.497 e. The molecule has 0 aliphatic rings. The molecule has 0 spiro atoms. The lowest BCUT2D eigenvalue weighted by Crippen LogP contribution is -2.48. The summed E-state index contributed by atoms with van der Waals surface area (Å²) in [5, 5.41) is 9.16. The molecule has 3 N–H and O–H groups in total. The zero-order valence-corrected chi connectivity index (χ0v) is 24.0. The lowest BCUT2D eigenvalue weighted by Gasteiger charge is -2.19. The maximum atomic E-state index is 13.3. The highest BCUT2D eigenvalue weighted by Crippen LogP contribution is 2.27. The van der Waals surface area contributed by atoms with Crippen LogP contribution in [0.3, 0.4) is 0 Å². The van der Waals surface area contributed by atoms with Gasteiger partial charge >= 0.3 is 0 Å². The largest absolute Gasteiger partial charge is 0.497 e.